The van der Waals surface area contributed by atoms with Crippen LogP contribution >= 0.6 is 0 Å². The average molecular weight is 1660 g/mol. The van der Waals surface area contributed by atoms with E-state index < -0.39 is 359 Å². The van der Waals surface area contributed by atoms with Crippen LogP contribution in [0.25, 0.3) is 0 Å². The SMILES string of the molecule is CC(=O)N[C@@H]1[C@@H](O)[C@H](O[C@@H]2O[C@H](CO)[C@@H](O[C@@H]3O[C@H](CO[C@H]4O[C@H](CO)[C@@H](O)[C@H](O)[C@@H]4O[C@@H]4O[C@H](CO)[C@@H](O[C@@H]5O[C@H](CO)[C@H](O)[C@H](O[C@@H]6O[C@H](CO)[C@H](O)[C@H](O[C@@H]7O[C@H](C(=O)O)[C@@H](O)[C@H](O)[C@H]7O)[C@H]6O)[C@H]5NC(C)=O)[C@H](O)[C@H]4NC(C)=O)[C@@H](O)[C@H](O[C@H]4O[C@H](CO)[C@@H](O)[C@H](O)[C@@H]4O)[C@@H]3O)[C@H](O)[C@H]2NC(C)=O)[C@@H](CO)O[C@H]1O. The van der Waals surface area contributed by atoms with E-state index >= 15 is 0 Å². The summed E-state index contributed by atoms with van der Waals surface area (Å²) in [5.74, 6) is -5.50. The summed E-state index contributed by atoms with van der Waals surface area (Å²) in [6, 6.07) is -7.43. The maximum Gasteiger partial charge on any atom is 0.335 e. The normalized spacial score (nSPS) is 48.5. The number of carbonyl (C=O) groups excluding carboxylic acids is 4. The van der Waals surface area contributed by atoms with Crippen LogP contribution in [-0.4, -0.2) is 486 Å². The number of hydrogen-bond acceptors (Lipinski definition) is 46. The standard InChI is InChI=1S/C62H102N4O47/c1-13(74)63-25-34(83)45(21(9-71)98-54(25)96)106-55-26(64-14(2)75)36(85)47(23(11-73)103-55)108-61-44(93)50(110-58-41(90)37(86)29(78)17(5-67)100-58)33(82)24(105-61)12-97-62-52(39(88)30(79)18(6-68)102-62)113-56-27(65-15(3)76)35(84)46(22(10-72)104-56)107-57-28(66-16(4)77)48(31(80)19(7-69)99-57)109-60-43(92)49(32(81)20(8-70)101-60)111-59-42(91)38(87)40(89)51(112-59)53(94)95/h17-52,54-62,67-73,78-93,96H,5-12H2,1-4H3,(H,63,74)(H,64,75)(H,65,76)(H,66,77)(H,94,95)/t17-,18-,19-,20-,21-,22-,23-,24-,25-,26-,27-,28-,29-,30-,31+,32+,33-,34-,35-,36-,37+,38+,39+,40+,41+,42-,43-,44+,45-,46-,47-,48-,49+,50+,51+,52+,54-,55+,56+,57+,58-,59-,60+,61+,62+/m1/s1. The predicted molar refractivity (Wildman–Crippen MR) is 344 cm³/mol. The minimum atomic E-state index is -2.42. The number of carboxylic acid groups (broad SMARTS) is 1. The van der Waals surface area contributed by atoms with Crippen molar-refractivity contribution in [2.45, 2.75) is 304 Å². The first kappa shape index (κ1) is 92.6. The first-order valence-corrected chi connectivity index (χ1v) is 35.6. The van der Waals surface area contributed by atoms with Crippen molar-refractivity contribution in [2.24, 2.45) is 0 Å². The molecule has 0 spiro atoms. The Bertz CT molecular complexity index is 3060. The number of amides is 4. The number of nitrogens with one attached hydrogen (secondary N) is 4. The molecule has 0 bridgehead atoms. The number of rotatable bonds is 29. The van der Waals surface area contributed by atoms with Gasteiger partial charge in [0.25, 0.3) is 0 Å². The van der Waals surface area contributed by atoms with E-state index in [1.165, 1.54) is 0 Å². The van der Waals surface area contributed by atoms with E-state index in [0.717, 1.165) is 27.7 Å². The molecule has 9 aliphatic heterocycles. The molecule has 9 aliphatic rings. The van der Waals surface area contributed by atoms with Gasteiger partial charge in [0.05, 0.1) is 52.9 Å². The molecule has 0 aromatic rings. The average Bonchev–Trinajstić information content (AvgIpc) is 0.770. The Morgan fingerprint density at radius 1 is 0.257 bits per heavy atom. The largest absolute Gasteiger partial charge is 0.479 e. The number of ether oxygens (including phenoxy) is 17. The van der Waals surface area contributed by atoms with Crippen LogP contribution in [0.5, 0.6) is 0 Å². The van der Waals surface area contributed by atoms with Gasteiger partial charge in [0.15, 0.2) is 62.7 Å². The summed E-state index contributed by atoms with van der Waals surface area (Å²) in [6.07, 6.45) is -86.5. The minimum Gasteiger partial charge on any atom is -0.479 e. The highest BCUT2D eigenvalue weighted by Gasteiger charge is 2.61. The van der Waals surface area contributed by atoms with Gasteiger partial charge in [-0.2, -0.15) is 0 Å². The third kappa shape index (κ3) is 20.4. The molecule has 29 N–H and O–H groups in total. The molecule has 113 heavy (non-hydrogen) atoms. The maximum atomic E-state index is 13.1. The second-order valence-corrected chi connectivity index (χ2v) is 28.2. The zero-order chi connectivity index (χ0) is 83.4. The summed E-state index contributed by atoms with van der Waals surface area (Å²) < 4.78 is 99.4. The molecule has 51 nitrogen and oxygen atoms in total. The van der Waals surface area contributed by atoms with Crippen molar-refractivity contribution in [3.8, 4) is 0 Å². The molecular weight excluding hydrogens is 1550 g/mol. The molecule has 9 fully saturated rings. The molecule has 45 atom stereocenters. The fourth-order valence-corrected chi connectivity index (χ4v) is 14.4. The van der Waals surface area contributed by atoms with E-state index in [0.29, 0.717) is 0 Å². The molecule has 51 heteroatoms. The maximum absolute atomic E-state index is 13.1. The van der Waals surface area contributed by atoms with Gasteiger partial charge >= 0.3 is 5.97 Å². The lowest BCUT2D eigenvalue weighted by molar-refractivity contribution is -0.389. The molecule has 4 amide bonds. The number of aliphatic carboxylic acids is 1. The third-order valence-electron chi connectivity index (χ3n) is 20.3. The Labute approximate surface area is 638 Å². The highest BCUT2D eigenvalue weighted by atomic mass is 16.8. The Morgan fingerprint density at radius 3 is 0.991 bits per heavy atom. The zero-order valence-electron chi connectivity index (χ0n) is 60.3. The number of carboxylic acids is 1. The van der Waals surface area contributed by atoms with Crippen LogP contribution in [-0.2, 0) is 104 Å². The monoisotopic (exact) mass is 1650 g/mol. The molecule has 0 aromatic carbocycles. The van der Waals surface area contributed by atoms with Crippen LogP contribution < -0.4 is 21.3 Å². The molecular formula is C62H102N4O47. The number of hydrogen-bond donors (Lipinski definition) is 29. The van der Waals surface area contributed by atoms with Gasteiger partial charge in [0.1, 0.15) is 213 Å². The second-order valence-electron chi connectivity index (χ2n) is 28.2. The van der Waals surface area contributed by atoms with Crippen LogP contribution in [0.4, 0.5) is 0 Å². The molecule has 0 aromatic heterocycles. The van der Waals surface area contributed by atoms with Crippen LogP contribution in [0.2, 0.25) is 0 Å². The fourth-order valence-electron chi connectivity index (χ4n) is 14.4. The van der Waals surface area contributed by atoms with Gasteiger partial charge in [-0.25, -0.2) is 4.79 Å². The number of aliphatic hydroxyl groups is 24. The second kappa shape index (κ2) is 40.2. The smallest absolute Gasteiger partial charge is 0.335 e. The van der Waals surface area contributed by atoms with Crippen molar-refractivity contribution >= 4 is 29.6 Å². The summed E-state index contributed by atoms with van der Waals surface area (Å²) in [6.45, 7) is -5.07. The first-order chi connectivity index (χ1) is 53.4. The van der Waals surface area contributed by atoms with Crippen molar-refractivity contribution in [1.29, 1.82) is 0 Å². The van der Waals surface area contributed by atoms with Crippen LogP contribution in [0.1, 0.15) is 27.7 Å². The minimum absolute atomic E-state index is 0.769. The van der Waals surface area contributed by atoms with Gasteiger partial charge in [-0.15, -0.1) is 0 Å². The first-order valence-electron chi connectivity index (χ1n) is 35.6. The topological polar surface area (TPSA) is 796 Å². The highest BCUT2D eigenvalue weighted by molar-refractivity contribution is 5.75. The molecule has 0 aliphatic carbocycles. The van der Waals surface area contributed by atoms with Gasteiger partial charge in [0, 0.05) is 27.7 Å². The van der Waals surface area contributed by atoms with Crippen molar-refractivity contribution in [3.63, 3.8) is 0 Å². The van der Waals surface area contributed by atoms with Crippen molar-refractivity contribution in [2.75, 3.05) is 52.9 Å². The number of aliphatic hydroxyl groups excluding tert-OH is 24. The van der Waals surface area contributed by atoms with E-state index in [2.05, 4.69) is 21.3 Å². The van der Waals surface area contributed by atoms with Gasteiger partial charge in [-0.1, -0.05) is 0 Å². The molecule has 0 saturated carbocycles. The Balaban J connectivity index is 0.974. The molecule has 9 rings (SSSR count). The number of carbonyl (C=O) groups is 5. The van der Waals surface area contributed by atoms with E-state index in [1.807, 2.05) is 0 Å². The molecule has 0 radical (unpaired) electrons. The van der Waals surface area contributed by atoms with E-state index in [-0.39, 0.29) is 0 Å². The van der Waals surface area contributed by atoms with E-state index in [9.17, 15) is 152 Å². The quantitative estimate of drug-likeness (QED) is 0.0331. The molecule has 652 valence electrons. The summed E-state index contributed by atoms with van der Waals surface area (Å²) in [4.78, 5) is 63.0. The zero-order valence-corrected chi connectivity index (χ0v) is 60.3. The van der Waals surface area contributed by atoms with Gasteiger partial charge < -0.3 is 229 Å². The van der Waals surface area contributed by atoms with Gasteiger partial charge in [0.2, 0.25) is 23.6 Å². The Kier molecular flexibility index (Phi) is 32.9. The lowest BCUT2D eigenvalue weighted by atomic mass is 9.93. The predicted octanol–water partition coefficient (Wildman–Crippen LogP) is -20.0. The lowest BCUT2D eigenvalue weighted by Crippen LogP contribution is -2.71. The fraction of sp³-hybridized carbons (Fsp3) is 0.919. The van der Waals surface area contributed by atoms with Gasteiger partial charge in [-0.3, -0.25) is 19.2 Å². The van der Waals surface area contributed by atoms with Crippen molar-refractivity contribution in [3.05, 3.63) is 0 Å². The third-order valence-corrected chi connectivity index (χ3v) is 20.3. The molecule has 0 unspecified atom stereocenters. The van der Waals surface area contributed by atoms with Crippen molar-refractivity contribution in [1.82, 2.24) is 21.3 Å². The van der Waals surface area contributed by atoms with Crippen LogP contribution in [0, 0.1) is 0 Å². The summed E-state index contributed by atoms with van der Waals surface area (Å²) in [5, 5.41) is 285. The summed E-state index contributed by atoms with van der Waals surface area (Å²) >= 11 is 0. The van der Waals surface area contributed by atoms with E-state index in [1.54, 1.807) is 0 Å². The molecule has 9 saturated heterocycles. The summed E-state index contributed by atoms with van der Waals surface area (Å²) in [5.41, 5.74) is 0. The van der Waals surface area contributed by atoms with E-state index in [4.69, 9.17) is 80.5 Å². The highest BCUT2D eigenvalue weighted by Crippen LogP contribution is 2.40. The lowest BCUT2D eigenvalue weighted by Gasteiger charge is -2.51. The molecule has 9 heterocycles. The Hall–Kier alpha value is -4.29. The Morgan fingerprint density at radius 2 is 0.549 bits per heavy atom. The van der Waals surface area contributed by atoms with Crippen molar-refractivity contribution < 1.29 is 232 Å². The summed E-state index contributed by atoms with van der Waals surface area (Å²) in [7, 11) is 0. The van der Waals surface area contributed by atoms with Crippen LogP contribution in [0.3, 0.4) is 0 Å². The van der Waals surface area contributed by atoms with Crippen LogP contribution in [0.15, 0.2) is 0 Å². The van der Waals surface area contributed by atoms with Gasteiger partial charge in [-0.05, 0) is 0 Å².